The number of aliphatic hydroxyl groups is 1. The molecule has 2 rings (SSSR count). The van der Waals surface area contributed by atoms with Crippen LogP contribution in [0.3, 0.4) is 0 Å². The SMILES string of the molecule is O=C(O)c1cccc(O)c1I.OCc1cccc(O)c1I. The Morgan fingerprint density at radius 2 is 1.48 bits per heavy atom. The molecular formula is C14H12I2O5. The van der Waals surface area contributed by atoms with Gasteiger partial charge in [0.05, 0.1) is 19.3 Å². The van der Waals surface area contributed by atoms with Crippen molar-refractivity contribution in [3.63, 3.8) is 0 Å². The fourth-order valence-electron chi connectivity index (χ4n) is 1.37. The van der Waals surface area contributed by atoms with E-state index in [0.717, 1.165) is 9.13 Å². The van der Waals surface area contributed by atoms with Gasteiger partial charge in [-0.3, -0.25) is 0 Å². The van der Waals surface area contributed by atoms with Gasteiger partial charge in [-0.25, -0.2) is 4.79 Å². The first kappa shape index (κ1) is 18.0. The second-order valence-corrected chi connectivity index (χ2v) is 6.01. The Bertz CT molecular complexity index is 643. The van der Waals surface area contributed by atoms with Gasteiger partial charge in [0.25, 0.3) is 0 Å². The van der Waals surface area contributed by atoms with Crippen molar-refractivity contribution in [1.82, 2.24) is 0 Å². The molecule has 0 aromatic heterocycles. The molecule has 2 aromatic rings. The first-order chi connectivity index (χ1) is 9.88. The van der Waals surface area contributed by atoms with Crippen molar-refractivity contribution in [2.45, 2.75) is 6.61 Å². The molecule has 0 aliphatic carbocycles. The van der Waals surface area contributed by atoms with Crippen LogP contribution in [0, 0.1) is 7.14 Å². The Morgan fingerprint density at radius 3 is 1.90 bits per heavy atom. The van der Waals surface area contributed by atoms with Gasteiger partial charge in [-0.2, -0.15) is 0 Å². The van der Waals surface area contributed by atoms with Crippen molar-refractivity contribution in [1.29, 1.82) is 0 Å². The molecule has 0 unspecified atom stereocenters. The fraction of sp³-hybridized carbons (Fsp3) is 0.0714. The van der Waals surface area contributed by atoms with Crippen molar-refractivity contribution in [2.75, 3.05) is 0 Å². The van der Waals surface area contributed by atoms with Gasteiger partial charge in [-0.05, 0) is 68.9 Å². The number of aromatic carboxylic acids is 1. The number of benzene rings is 2. The predicted molar refractivity (Wildman–Crippen MR) is 94.5 cm³/mol. The summed E-state index contributed by atoms with van der Waals surface area (Å²) in [6.07, 6.45) is 0. The molecule has 0 saturated carbocycles. The minimum Gasteiger partial charge on any atom is -0.507 e. The average Bonchev–Trinajstić information content (AvgIpc) is 2.45. The number of carboxylic acid groups (broad SMARTS) is 1. The fourth-order valence-corrected chi connectivity index (χ4v) is 2.49. The van der Waals surface area contributed by atoms with Crippen molar-refractivity contribution >= 4 is 51.2 Å². The number of aliphatic hydroxyl groups excluding tert-OH is 1. The molecule has 2 aromatic carbocycles. The van der Waals surface area contributed by atoms with Crippen LogP contribution in [-0.4, -0.2) is 26.4 Å². The molecule has 0 atom stereocenters. The number of carbonyl (C=O) groups is 1. The summed E-state index contributed by atoms with van der Waals surface area (Å²) >= 11 is 3.78. The molecule has 0 aliphatic heterocycles. The maximum absolute atomic E-state index is 10.5. The van der Waals surface area contributed by atoms with Crippen LogP contribution in [0.4, 0.5) is 0 Å². The van der Waals surface area contributed by atoms with E-state index >= 15 is 0 Å². The zero-order valence-electron chi connectivity index (χ0n) is 10.6. The van der Waals surface area contributed by atoms with Gasteiger partial charge >= 0.3 is 5.97 Å². The van der Waals surface area contributed by atoms with Gasteiger partial charge in [0.1, 0.15) is 11.5 Å². The molecule has 0 aliphatic rings. The van der Waals surface area contributed by atoms with Crippen LogP contribution in [0.5, 0.6) is 11.5 Å². The molecule has 0 amide bonds. The van der Waals surface area contributed by atoms with Crippen LogP contribution in [0.2, 0.25) is 0 Å². The summed E-state index contributed by atoms with van der Waals surface area (Å²) in [6, 6.07) is 9.49. The molecule has 4 N–H and O–H groups in total. The van der Waals surface area contributed by atoms with Crippen LogP contribution < -0.4 is 0 Å². The van der Waals surface area contributed by atoms with Gasteiger partial charge in [-0.15, -0.1) is 0 Å². The number of halogens is 2. The molecule has 7 heteroatoms. The van der Waals surface area contributed by atoms with E-state index in [1.165, 1.54) is 18.2 Å². The van der Waals surface area contributed by atoms with Gasteiger partial charge in [0.2, 0.25) is 0 Å². The Kier molecular flexibility index (Phi) is 7.18. The van der Waals surface area contributed by atoms with Gasteiger partial charge in [-0.1, -0.05) is 18.2 Å². The zero-order chi connectivity index (χ0) is 16.0. The minimum atomic E-state index is -1.02. The predicted octanol–water partition coefficient (Wildman–Crippen LogP) is 3.18. The van der Waals surface area contributed by atoms with E-state index in [1.54, 1.807) is 40.8 Å². The Hall–Kier alpha value is -1.07. The standard InChI is InChI=1S/C7H5IO3.C7H7IO2/c8-6-4(7(10)11)2-1-3-5(6)9;8-7-5(4-9)2-1-3-6(7)10/h1-3,9H,(H,10,11);1-3,9-10H,4H2. The maximum Gasteiger partial charge on any atom is 0.336 e. The lowest BCUT2D eigenvalue weighted by atomic mass is 10.2. The monoisotopic (exact) mass is 514 g/mol. The maximum atomic E-state index is 10.5. The van der Waals surface area contributed by atoms with Gasteiger partial charge in [0.15, 0.2) is 0 Å². The molecule has 0 radical (unpaired) electrons. The van der Waals surface area contributed by atoms with E-state index in [2.05, 4.69) is 0 Å². The number of phenolic OH excluding ortho intramolecular Hbond substituents is 2. The Balaban J connectivity index is 0.000000211. The molecule has 0 saturated heterocycles. The highest BCUT2D eigenvalue weighted by Crippen LogP contribution is 2.23. The third-order valence-electron chi connectivity index (χ3n) is 2.44. The summed E-state index contributed by atoms with van der Waals surface area (Å²) < 4.78 is 1.10. The number of hydrogen-bond donors (Lipinski definition) is 4. The molecule has 0 spiro atoms. The van der Waals surface area contributed by atoms with E-state index in [-0.39, 0.29) is 23.7 Å². The Morgan fingerprint density at radius 1 is 0.952 bits per heavy atom. The second kappa shape index (κ2) is 8.39. The van der Waals surface area contributed by atoms with E-state index in [1.807, 2.05) is 22.6 Å². The van der Waals surface area contributed by atoms with Crippen LogP contribution in [0.1, 0.15) is 15.9 Å². The zero-order valence-corrected chi connectivity index (χ0v) is 14.9. The molecular weight excluding hydrogens is 502 g/mol. The smallest absolute Gasteiger partial charge is 0.336 e. The number of carboxylic acids is 1. The van der Waals surface area contributed by atoms with Crippen molar-refractivity contribution in [3.8, 4) is 11.5 Å². The van der Waals surface area contributed by atoms with Crippen LogP contribution in [0.15, 0.2) is 36.4 Å². The molecule has 5 nitrogen and oxygen atoms in total. The lowest BCUT2D eigenvalue weighted by Crippen LogP contribution is -1.98. The van der Waals surface area contributed by atoms with E-state index in [4.69, 9.17) is 20.4 Å². The number of rotatable bonds is 2. The van der Waals surface area contributed by atoms with E-state index < -0.39 is 5.97 Å². The lowest BCUT2D eigenvalue weighted by molar-refractivity contribution is 0.0695. The molecule has 21 heavy (non-hydrogen) atoms. The number of phenols is 2. The normalized spacial score (nSPS) is 9.67. The van der Waals surface area contributed by atoms with E-state index in [0.29, 0.717) is 3.57 Å². The average molecular weight is 514 g/mol. The number of hydrogen-bond acceptors (Lipinski definition) is 4. The third kappa shape index (κ3) is 5.00. The lowest BCUT2D eigenvalue weighted by Gasteiger charge is -2.00. The summed E-state index contributed by atoms with van der Waals surface area (Å²) in [7, 11) is 0. The third-order valence-corrected chi connectivity index (χ3v) is 4.82. The van der Waals surface area contributed by atoms with Crippen molar-refractivity contribution in [3.05, 3.63) is 54.7 Å². The molecule has 0 bridgehead atoms. The molecule has 0 fully saturated rings. The quantitative estimate of drug-likeness (QED) is 0.462. The Labute approximate surface area is 148 Å². The summed E-state index contributed by atoms with van der Waals surface area (Å²) in [5, 5.41) is 35.5. The van der Waals surface area contributed by atoms with Gasteiger partial charge in [0, 0.05) is 0 Å². The van der Waals surface area contributed by atoms with Crippen molar-refractivity contribution in [2.24, 2.45) is 0 Å². The highest BCUT2D eigenvalue weighted by molar-refractivity contribution is 14.1. The van der Waals surface area contributed by atoms with Crippen LogP contribution in [0.25, 0.3) is 0 Å². The summed E-state index contributed by atoms with van der Waals surface area (Å²) in [4.78, 5) is 10.5. The molecule has 0 heterocycles. The topological polar surface area (TPSA) is 98.0 Å². The van der Waals surface area contributed by atoms with Crippen molar-refractivity contribution < 1.29 is 25.2 Å². The van der Waals surface area contributed by atoms with Gasteiger partial charge < -0.3 is 20.4 Å². The number of aromatic hydroxyl groups is 2. The summed E-state index contributed by atoms with van der Waals surface area (Å²) in [6.45, 7) is -0.0212. The summed E-state index contributed by atoms with van der Waals surface area (Å²) in [5.74, 6) is -0.789. The molecule has 112 valence electrons. The largest absolute Gasteiger partial charge is 0.507 e. The first-order valence-electron chi connectivity index (χ1n) is 5.66. The highest BCUT2D eigenvalue weighted by Gasteiger charge is 2.09. The van der Waals surface area contributed by atoms with Crippen LogP contribution in [-0.2, 0) is 6.61 Å². The van der Waals surface area contributed by atoms with E-state index in [9.17, 15) is 4.79 Å². The summed E-state index contributed by atoms with van der Waals surface area (Å²) in [5.41, 5.74) is 0.895. The van der Waals surface area contributed by atoms with Crippen LogP contribution >= 0.6 is 45.2 Å². The first-order valence-corrected chi connectivity index (χ1v) is 7.82. The highest BCUT2D eigenvalue weighted by atomic mass is 127. The minimum absolute atomic E-state index is 0.00509. The second-order valence-electron chi connectivity index (χ2n) is 3.85.